The molecule has 2 aromatic carbocycles. The van der Waals surface area contributed by atoms with E-state index in [2.05, 4.69) is 10.0 Å². The van der Waals surface area contributed by atoms with Crippen LogP contribution in [0.4, 0.5) is 5.69 Å². The Morgan fingerprint density at radius 2 is 1.82 bits per heavy atom. The molecule has 0 bridgehead atoms. The molecule has 0 aliphatic carbocycles. The summed E-state index contributed by atoms with van der Waals surface area (Å²) >= 11 is 11.7. The fourth-order valence-corrected chi connectivity index (χ4v) is 3.63. The molecular formula is C18H18Cl2N2O5S. The first-order valence-electron chi connectivity index (χ1n) is 8.24. The number of rotatable bonds is 8. The number of carbonyl (C=O) groups excluding carboxylic acids is 2. The van der Waals surface area contributed by atoms with Crippen molar-refractivity contribution in [2.45, 2.75) is 18.2 Å². The second-order valence-corrected chi connectivity index (χ2v) is 8.07. The van der Waals surface area contributed by atoms with Crippen LogP contribution in [0.15, 0.2) is 47.4 Å². The highest BCUT2D eigenvalue weighted by molar-refractivity contribution is 7.92. The zero-order valence-electron chi connectivity index (χ0n) is 14.9. The molecule has 0 saturated carbocycles. The fourth-order valence-electron chi connectivity index (χ4n) is 2.20. The number of nitrogens with one attached hydrogen (secondary N) is 2. The number of benzene rings is 2. The highest BCUT2D eigenvalue weighted by Crippen LogP contribution is 2.26. The maximum atomic E-state index is 12.5. The van der Waals surface area contributed by atoms with E-state index in [4.69, 9.17) is 27.9 Å². The van der Waals surface area contributed by atoms with Gasteiger partial charge in [-0.25, -0.2) is 8.42 Å². The summed E-state index contributed by atoms with van der Waals surface area (Å²) in [7, 11) is -3.92. The van der Waals surface area contributed by atoms with E-state index < -0.39 is 21.9 Å². The molecule has 0 aliphatic heterocycles. The van der Waals surface area contributed by atoms with Gasteiger partial charge in [0.25, 0.3) is 15.9 Å². The predicted molar refractivity (Wildman–Crippen MR) is 107 cm³/mol. The largest absolute Gasteiger partial charge is 0.466 e. The third kappa shape index (κ3) is 6.12. The SMILES string of the molecule is CCOC(=O)CCNC(=O)c1cccc(NS(=O)(=O)c2ccc(Cl)c(Cl)c2)c1. The second-order valence-electron chi connectivity index (χ2n) is 5.57. The Morgan fingerprint density at radius 3 is 2.50 bits per heavy atom. The number of sulfonamides is 1. The van der Waals surface area contributed by atoms with Gasteiger partial charge in [-0.2, -0.15) is 0 Å². The van der Waals surface area contributed by atoms with Gasteiger partial charge >= 0.3 is 5.97 Å². The molecule has 0 aromatic heterocycles. The van der Waals surface area contributed by atoms with E-state index in [9.17, 15) is 18.0 Å². The summed E-state index contributed by atoms with van der Waals surface area (Å²) in [5.41, 5.74) is 0.433. The van der Waals surface area contributed by atoms with E-state index in [1.165, 1.54) is 42.5 Å². The molecule has 0 spiro atoms. The summed E-state index contributed by atoms with van der Waals surface area (Å²) in [5, 5.41) is 2.92. The first-order chi connectivity index (χ1) is 13.2. The first-order valence-corrected chi connectivity index (χ1v) is 10.5. The van der Waals surface area contributed by atoms with E-state index in [0.717, 1.165) is 0 Å². The number of carbonyl (C=O) groups is 2. The number of amides is 1. The van der Waals surface area contributed by atoms with Gasteiger partial charge in [-0.05, 0) is 43.3 Å². The maximum absolute atomic E-state index is 12.5. The monoisotopic (exact) mass is 444 g/mol. The molecule has 0 aliphatic rings. The van der Waals surface area contributed by atoms with Gasteiger partial charge in [-0.15, -0.1) is 0 Å². The van der Waals surface area contributed by atoms with Crippen molar-refractivity contribution in [3.63, 3.8) is 0 Å². The molecule has 28 heavy (non-hydrogen) atoms. The quantitative estimate of drug-likeness (QED) is 0.606. The molecular weight excluding hydrogens is 427 g/mol. The van der Waals surface area contributed by atoms with Crippen LogP contribution in [0.3, 0.4) is 0 Å². The van der Waals surface area contributed by atoms with Crippen LogP contribution in [0.1, 0.15) is 23.7 Å². The van der Waals surface area contributed by atoms with Crippen LogP contribution in [0.2, 0.25) is 10.0 Å². The molecule has 0 heterocycles. The number of esters is 1. The van der Waals surface area contributed by atoms with Crippen LogP contribution in [-0.2, 0) is 19.6 Å². The fraction of sp³-hybridized carbons (Fsp3) is 0.222. The summed E-state index contributed by atoms with van der Waals surface area (Å²) in [6.07, 6.45) is 0.0449. The molecule has 2 N–H and O–H groups in total. The lowest BCUT2D eigenvalue weighted by Gasteiger charge is -2.10. The molecule has 1 amide bonds. The highest BCUT2D eigenvalue weighted by atomic mass is 35.5. The van der Waals surface area contributed by atoms with Gasteiger partial charge in [-0.3, -0.25) is 14.3 Å². The van der Waals surface area contributed by atoms with Gasteiger partial charge in [0, 0.05) is 17.8 Å². The molecule has 2 rings (SSSR count). The van der Waals surface area contributed by atoms with Gasteiger partial charge in [-0.1, -0.05) is 29.3 Å². The summed E-state index contributed by atoms with van der Waals surface area (Å²) in [5.74, 6) is -0.856. The smallest absolute Gasteiger partial charge is 0.307 e. The van der Waals surface area contributed by atoms with Gasteiger partial charge in [0.05, 0.1) is 28.0 Å². The number of halogens is 2. The van der Waals surface area contributed by atoms with Crippen molar-refractivity contribution < 1.29 is 22.7 Å². The predicted octanol–water partition coefficient (Wildman–Crippen LogP) is 3.48. The molecule has 0 unspecified atom stereocenters. The topological polar surface area (TPSA) is 102 Å². The zero-order chi connectivity index (χ0) is 20.7. The molecule has 0 atom stereocenters. The summed E-state index contributed by atoms with van der Waals surface area (Å²) in [4.78, 5) is 23.4. The lowest BCUT2D eigenvalue weighted by atomic mass is 10.2. The standard InChI is InChI=1S/C18H18Cl2N2O5S/c1-2-27-17(23)8-9-21-18(24)12-4-3-5-13(10-12)22-28(25,26)14-6-7-15(19)16(20)11-14/h3-7,10-11,22H,2,8-9H2,1H3,(H,21,24). The van der Waals surface area contributed by atoms with Gasteiger partial charge < -0.3 is 10.1 Å². The van der Waals surface area contributed by atoms with Gasteiger partial charge in [0.2, 0.25) is 0 Å². The number of anilines is 1. The summed E-state index contributed by atoms with van der Waals surface area (Å²) in [6.45, 7) is 2.08. The average Bonchev–Trinajstić information content (AvgIpc) is 2.64. The van der Waals surface area contributed by atoms with E-state index in [0.29, 0.717) is 0 Å². The van der Waals surface area contributed by atoms with E-state index in [1.54, 1.807) is 6.92 Å². The second kappa shape index (κ2) is 9.77. The minimum absolute atomic E-state index is 0.0449. The van der Waals surface area contributed by atoms with Crippen LogP contribution < -0.4 is 10.0 Å². The Kier molecular flexibility index (Phi) is 7.68. The lowest BCUT2D eigenvalue weighted by molar-refractivity contribution is -0.142. The van der Waals surface area contributed by atoms with E-state index >= 15 is 0 Å². The molecule has 0 saturated heterocycles. The average molecular weight is 445 g/mol. The van der Waals surface area contributed by atoms with E-state index in [1.807, 2.05) is 0 Å². The number of hydrogen-bond acceptors (Lipinski definition) is 5. The van der Waals surface area contributed by atoms with Crippen LogP contribution in [0.25, 0.3) is 0 Å². The highest BCUT2D eigenvalue weighted by Gasteiger charge is 2.16. The van der Waals surface area contributed by atoms with Gasteiger partial charge in [0.1, 0.15) is 0 Å². The Balaban J connectivity index is 2.06. The molecule has 7 nitrogen and oxygen atoms in total. The normalized spacial score (nSPS) is 11.0. The molecule has 150 valence electrons. The molecule has 0 radical (unpaired) electrons. The molecule has 2 aromatic rings. The van der Waals surface area contributed by atoms with Crippen LogP contribution in [0.5, 0.6) is 0 Å². The van der Waals surface area contributed by atoms with Gasteiger partial charge in [0.15, 0.2) is 0 Å². The first kappa shape index (κ1) is 22.0. The van der Waals surface area contributed by atoms with E-state index in [-0.39, 0.29) is 45.8 Å². The third-order valence-electron chi connectivity index (χ3n) is 3.50. The number of hydrogen-bond donors (Lipinski definition) is 2. The minimum atomic E-state index is -3.92. The maximum Gasteiger partial charge on any atom is 0.307 e. The summed E-state index contributed by atoms with van der Waals surface area (Å²) < 4.78 is 32.1. The van der Waals surface area contributed by atoms with Crippen molar-refractivity contribution in [3.8, 4) is 0 Å². The van der Waals surface area contributed by atoms with Crippen LogP contribution in [-0.4, -0.2) is 33.4 Å². The summed E-state index contributed by atoms with van der Waals surface area (Å²) in [6, 6.07) is 9.88. The molecule has 0 fully saturated rings. The molecule has 10 heteroatoms. The zero-order valence-corrected chi connectivity index (χ0v) is 17.2. The van der Waals surface area contributed by atoms with Crippen molar-refractivity contribution in [1.29, 1.82) is 0 Å². The Hall–Kier alpha value is -2.29. The Bertz CT molecular complexity index is 980. The Morgan fingerprint density at radius 1 is 1.07 bits per heavy atom. The van der Waals surface area contributed by atoms with Crippen LogP contribution in [0, 0.1) is 0 Å². The van der Waals surface area contributed by atoms with Crippen molar-refractivity contribution in [2.24, 2.45) is 0 Å². The van der Waals surface area contributed by atoms with Crippen molar-refractivity contribution in [2.75, 3.05) is 17.9 Å². The van der Waals surface area contributed by atoms with Crippen molar-refractivity contribution in [1.82, 2.24) is 5.32 Å². The van der Waals surface area contributed by atoms with Crippen LogP contribution >= 0.6 is 23.2 Å². The number of ether oxygens (including phenoxy) is 1. The minimum Gasteiger partial charge on any atom is -0.466 e. The Labute approximate surface area is 173 Å². The van der Waals surface area contributed by atoms with Crippen molar-refractivity contribution >= 4 is 50.8 Å². The lowest BCUT2D eigenvalue weighted by Crippen LogP contribution is -2.26. The van der Waals surface area contributed by atoms with Crippen molar-refractivity contribution in [3.05, 3.63) is 58.1 Å². The third-order valence-corrected chi connectivity index (χ3v) is 5.62.